The van der Waals surface area contributed by atoms with Crippen LogP contribution in [-0.2, 0) is 33.4 Å². The van der Waals surface area contributed by atoms with Gasteiger partial charge < -0.3 is 4.74 Å². The predicted octanol–water partition coefficient (Wildman–Crippen LogP) is 5.83. The van der Waals surface area contributed by atoms with Gasteiger partial charge in [0.1, 0.15) is 44.9 Å². The average molecular weight is 330 g/mol. The maximum Gasteiger partial charge on any atom is 0.139 e. The van der Waals surface area contributed by atoms with Gasteiger partial charge in [0.15, 0.2) is 0 Å². The van der Waals surface area contributed by atoms with Gasteiger partial charge in [-0.3, -0.25) is 0 Å². The van der Waals surface area contributed by atoms with Gasteiger partial charge in [-0.05, 0) is 28.8 Å². The Kier molecular flexibility index (Phi) is 5.96. The Labute approximate surface area is 130 Å². The summed E-state index contributed by atoms with van der Waals surface area (Å²) in [5, 5.41) is 0. The van der Waals surface area contributed by atoms with Crippen LogP contribution in [0.4, 0.5) is 22.0 Å². The van der Waals surface area contributed by atoms with E-state index in [2.05, 4.69) is 0 Å². The molecule has 0 aliphatic rings. The zero-order valence-corrected chi connectivity index (χ0v) is 12.2. The van der Waals surface area contributed by atoms with Crippen LogP contribution in [0.1, 0.15) is 27.8 Å². The molecule has 0 spiro atoms. The molecule has 0 unspecified atom stereocenters. The van der Waals surface area contributed by atoms with Crippen molar-refractivity contribution in [2.75, 3.05) is 0 Å². The van der Waals surface area contributed by atoms with Gasteiger partial charge in [-0.15, -0.1) is 0 Å². The van der Waals surface area contributed by atoms with Crippen molar-refractivity contribution in [2.24, 2.45) is 0 Å². The lowest BCUT2D eigenvalue weighted by atomic mass is 9.92. The zero-order valence-electron chi connectivity index (χ0n) is 12.2. The van der Waals surface area contributed by atoms with E-state index in [1.165, 1.54) is 12.1 Å². The molecule has 0 bridgehead atoms. The molecular formula is C17H15F5O. The summed E-state index contributed by atoms with van der Waals surface area (Å²) < 4.78 is 72.1. The molecule has 0 radical (unpaired) electrons. The summed E-state index contributed by atoms with van der Waals surface area (Å²) in [4.78, 5) is 0. The molecule has 0 amide bonds. The van der Waals surface area contributed by atoms with Crippen LogP contribution >= 0.6 is 0 Å². The molecule has 0 heterocycles. The number of halogens is 5. The maximum atomic E-state index is 13.4. The number of hydrogen-bond acceptors (Lipinski definition) is 1. The van der Waals surface area contributed by atoms with Gasteiger partial charge in [-0.2, -0.15) is 0 Å². The molecule has 0 aliphatic heterocycles. The summed E-state index contributed by atoms with van der Waals surface area (Å²) >= 11 is 0. The van der Waals surface area contributed by atoms with Crippen LogP contribution in [-0.4, -0.2) is 0 Å². The molecule has 2 aromatic rings. The summed E-state index contributed by atoms with van der Waals surface area (Å²) in [6, 6.07) is 8.07. The SMILES string of the molecule is FCc1c(CF)c(CF)c(Oc2ccccc2)c(CF)c1CF. The number of ether oxygens (including phenoxy) is 1. The minimum atomic E-state index is -1.20. The molecule has 0 fully saturated rings. The topological polar surface area (TPSA) is 9.23 Å². The highest BCUT2D eigenvalue weighted by molar-refractivity contribution is 5.56. The van der Waals surface area contributed by atoms with Crippen LogP contribution in [0.3, 0.4) is 0 Å². The second kappa shape index (κ2) is 7.94. The van der Waals surface area contributed by atoms with E-state index in [9.17, 15) is 22.0 Å². The summed E-state index contributed by atoms with van der Waals surface area (Å²) in [5.41, 5.74) is -1.53. The Morgan fingerprint density at radius 3 is 1.35 bits per heavy atom. The van der Waals surface area contributed by atoms with Crippen molar-refractivity contribution in [2.45, 2.75) is 33.4 Å². The second-order valence-corrected chi connectivity index (χ2v) is 4.81. The summed E-state index contributed by atoms with van der Waals surface area (Å²) in [6.07, 6.45) is 0. The van der Waals surface area contributed by atoms with E-state index >= 15 is 0 Å². The number of benzene rings is 2. The highest BCUT2D eigenvalue weighted by Crippen LogP contribution is 2.39. The molecule has 124 valence electrons. The smallest absolute Gasteiger partial charge is 0.139 e. The van der Waals surface area contributed by atoms with Crippen LogP contribution in [0.25, 0.3) is 0 Å². The fourth-order valence-electron chi connectivity index (χ4n) is 2.50. The highest BCUT2D eigenvalue weighted by Gasteiger charge is 2.25. The number of rotatable bonds is 7. The fraction of sp³-hybridized carbons (Fsp3) is 0.294. The largest absolute Gasteiger partial charge is 0.457 e. The molecule has 0 atom stereocenters. The van der Waals surface area contributed by atoms with Crippen molar-refractivity contribution in [3.8, 4) is 11.5 Å². The summed E-state index contributed by atoms with van der Waals surface area (Å²) in [7, 11) is 0. The first kappa shape index (κ1) is 17.2. The molecule has 0 aliphatic carbocycles. The molecule has 0 N–H and O–H groups in total. The van der Waals surface area contributed by atoms with Crippen molar-refractivity contribution in [3.63, 3.8) is 0 Å². The normalized spacial score (nSPS) is 10.8. The van der Waals surface area contributed by atoms with E-state index in [0.29, 0.717) is 0 Å². The van der Waals surface area contributed by atoms with E-state index in [-0.39, 0.29) is 39.3 Å². The molecule has 0 saturated carbocycles. The molecule has 2 rings (SSSR count). The molecule has 2 aromatic carbocycles. The van der Waals surface area contributed by atoms with Crippen molar-refractivity contribution >= 4 is 0 Å². The van der Waals surface area contributed by atoms with Gasteiger partial charge in [-0.1, -0.05) is 18.2 Å². The van der Waals surface area contributed by atoms with Gasteiger partial charge >= 0.3 is 0 Å². The van der Waals surface area contributed by atoms with Gasteiger partial charge in [0.25, 0.3) is 0 Å². The third-order valence-electron chi connectivity index (χ3n) is 3.64. The summed E-state index contributed by atoms with van der Waals surface area (Å²) in [5.74, 6) is -0.0155. The maximum absolute atomic E-state index is 13.4. The second-order valence-electron chi connectivity index (χ2n) is 4.81. The van der Waals surface area contributed by atoms with Crippen LogP contribution in [0, 0.1) is 0 Å². The third kappa shape index (κ3) is 3.30. The molecule has 0 saturated heterocycles. The quantitative estimate of drug-likeness (QED) is 0.581. The first-order chi connectivity index (χ1) is 11.2. The fourth-order valence-corrected chi connectivity index (χ4v) is 2.50. The van der Waals surface area contributed by atoms with E-state index in [4.69, 9.17) is 4.74 Å². The third-order valence-corrected chi connectivity index (χ3v) is 3.64. The Hall–Kier alpha value is -2.11. The number of para-hydroxylation sites is 1. The van der Waals surface area contributed by atoms with E-state index < -0.39 is 33.4 Å². The monoisotopic (exact) mass is 330 g/mol. The average Bonchev–Trinajstić information content (AvgIpc) is 2.60. The lowest BCUT2D eigenvalue weighted by molar-refractivity contribution is 0.387. The standard InChI is InChI=1S/C17H15F5O/c18-6-12-13(7-19)15(9-21)17(16(10-22)14(12)8-20)23-11-4-2-1-3-5-11/h1-5H,6-10H2. The number of alkyl halides is 5. The minimum Gasteiger partial charge on any atom is -0.457 e. The van der Waals surface area contributed by atoms with Gasteiger partial charge in [-0.25, -0.2) is 22.0 Å². The van der Waals surface area contributed by atoms with Gasteiger partial charge in [0.2, 0.25) is 0 Å². The van der Waals surface area contributed by atoms with Crippen LogP contribution < -0.4 is 4.74 Å². The lowest BCUT2D eigenvalue weighted by Crippen LogP contribution is -2.08. The van der Waals surface area contributed by atoms with Crippen molar-refractivity contribution in [1.29, 1.82) is 0 Å². The van der Waals surface area contributed by atoms with Gasteiger partial charge in [0, 0.05) is 11.1 Å². The minimum absolute atomic E-state index is 0.263. The molecule has 1 nitrogen and oxygen atoms in total. The first-order valence-corrected chi connectivity index (χ1v) is 6.92. The molecule has 0 aromatic heterocycles. The molecule has 23 heavy (non-hydrogen) atoms. The van der Waals surface area contributed by atoms with Crippen LogP contribution in [0.5, 0.6) is 11.5 Å². The van der Waals surface area contributed by atoms with Gasteiger partial charge in [0.05, 0.1) is 0 Å². The summed E-state index contributed by atoms with van der Waals surface area (Å²) in [6.45, 7) is -5.93. The van der Waals surface area contributed by atoms with Crippen molar-refractivity contribution in [3.05, 3.63) is 58.1 Å². The Morgan fingerprint density at radius 1 is 0.565 bits per heavy atom. The van der Waals surface area contributed by atoms with Crippen LogP contribution in [0.15, 0.2) is 30.3 Å². The van der Waals surface area contributed by atoms with E-state index in [0.717, 1.165) is 0 Å². The Bertz CT molecular complexity index is 625. The predicted molar refractivity (Wildman–Crippen MR) is 77.0 cm³/mol. The Morgan fingerprint density at radius 2 is 0.957 bits per heavy atom. The van der Waals surface area contributed by atoms with E-state index in [1.54, 1.807) is 18.2 Å². The van der Waals surface area contributed by atoms with Crippen molar-refractivity contribution < 1.29 is 26.7 Å². The first-order valence-electron chi connectivity index (χ1n) is 6.92. The molecular weight excluding hydrogens is 315 g/mol. The number of hydrogen-bond donors (Lipinski definition) is 0. The Balaban J connectivity index is 2.71. The zero-order chi connectivity index (χ0) is 16.8. The van der Waals surface area contributed by atoms with E-state index in [1.807, 2.05) is 0 Å². The van der Waals surface area contributed by atoms with Crippen molar-refractivity contribution in [1.82, 2.24) is 0 Å². The molecule has 6 heteroatoms. The highest BCUT2D eigenvalue weighted by atomic mass is 19.1. The lowest BCUT2D eigenvalue weighted by Gasteiger charge is -2.21. The van der Waals surface area contributed by atoms with Crippen LogP contribution in [0.2, 0.25) is 0 Å².